The summed E-state index contributed by atoms with van der Waals surface area (Å²) in [6.45, 7) is 1.12. The molecule has 15 heavy (non-hydrogen) atoms. The van der Waals surface area contributed by atoms with E-state index in [-0.39, 0.29) is 11.8 Å². The zero-order chi connectivity index (χ0) is 10.7. The summed E-state index contributed by atoms with van der Waals surface area (Å²) >= 11 is 0. The summed E-state index contributed by atoms with van der Waals surface area (Å²) in [6, 6.07) is 3.17. The zero-order valence-corrected chi connectivity index (χ0v) is 8.18. The number of pyridine rings is 1. The van der Waals surface area contributed by atoms with Crippen molar-refractivity contribution in [1.82, 2.24) is 4.98 Å². The number of rotatable bonds is 2. The molecule has 1 unspecified atom stereocenters. The number of hydrogen-bond donors (Lipinski definition) is 1. The number of nitrogens with two attached hydrogens (primary N) is 1. The van der Waals surface area contributed by atoms with E-state index in [1.54, 1.807) is 12.1 Å². The summed E-state index contributed by atoms with van der Waals surface area (Å²) in [7, 11) is 0. The fraction of sp³-hybridized carbons (Fsp3) is 0.400. The van der Waals surface area contributed by atoms with Crippen LogP contribution in [0, 0.1) is 0 Å². The number of nitrogens with zero attached hydrogens (tertiary/aromatic N) is 1. The Morgan fingerprint density at radius 1 is 1.60 bits per heavy atom. The number of anilines is 1. The highest BCUT2D eigenvalue weighted by atomic mass is 16.6. The van der Waals surface area contributed by atoms with E-state index in [1.807, 2.05) is 0 Å². The van der Waals surface area contributed by atoms with Crippen molar-refractivity contribution in [2.45, 2.75) is 12.5 Å². The highest BCUT2D eigenvalue weighted by Gasteiger charge is 2.21. The first-order chi connectivity index (χ1) is 7.25. The molecule has 0 aromatic carbocycles. The van der Waals surface area contributed by atoms with Crippen LogP contribution in [0.5, 0.6) is 0 Å². The fourth-order valence-corrected chi connectivity index (χ4v) is 1.34. The van der Waals surface area contributed by atoms with Crippen LogP contribution in [0.25, 0.3) is 0 Å². The highest BCUT2D eigenvalue weighted by molar-refractivity contribution is 5.87. The Balaban J connectivity index is 1.98. The molecule has 1 aromatic heterocycles. The smallest absolute Gasteiger partial charge is 0.357 e. The van der Waals surface area contributed by atoms with Crippen molar-refractivity contribution in [2.75, 3.05) is 18.9 Å². The molecule has 0 bridgehead atoms. The molecule has 1 saturated heterocycles. The second-order valence-corrected chi connectivity index (χ2v) is 3.37. The van der Waals surface area contributed by atoms with E-state index < -0.39 is 5.97 Å². The number of esters is 1. The average Bonchev–Trinajstić information content (AvgIpc) is 2.71. The maximum atomic E-state index is 11.5. The van der Waals surface area contributed by atoms with E-state index >= 15 is 0 Å². The number of aromatic nitrogens is 1. The fourth-order valence-electron chi connectivity index (χ4n) is 1.34. The second kappa shape index (κ2) is 4.27. The second-order valence-electron chi connectivity index (χ2n) is 3.37. The van der Waals surface area contributed by atoms with E-state index in [2.05, 4.69) is 4.98 Å². The van der Waals surface area contributed by atoms with Crippen LogP contribution < -0.4 is 5.73 Å². The van der Waals surface area contributed by atoms with Gasteiger partial charge in [-0.1, -0.05) is 0 Å². The van der Waals surface area contributed by atoms with Crippen molar-refractivity contribution >= 4 is 11.7 Å². The topological polar surface area (TPSA) is 74.4 Å². The van der Waals surface area contributed by atoms with Crippen molar-refractivity contribution < 1.29 is 14.3 Å². The number of nitrogen functional groups attached to an aromatic ring is 1. The SMILES string of the molecule is Nc1ccc(C(=O)OC2CCOC2)nc1. The van der Waals surface area contributed by atoms with E-state index in [0.29, 0.717) is 18.9 Å². The summed E-state index contributed by atoms with van der Waals surface area (Å²) < 4.78 is 10.3. The van der Waals surface area contributed by atoms with Crippen LogP contribution in [-0.4, -0.2) is 30.3 Å². The van der Waals surface area contributed by atoms with E-state index in [1.165, 1.54) is 6.20 Å². The van der Waals surface area contributed by atoms with Crippen molar-refractivity contribution in [3.8, 4) is 0 Å². The largest absolute Gasteiger partial charge is 0.455 e. The number of carbonyl (C=O) groups excluding carboxylic acids is 1. The standard InChI is InChI=1S/C10H12N2O3/c11-7-1-2-9(12-5-7)10(13)15-8-3-4-14-6-8/h1-2,5,8H,3-4,6,11H2. The van der Waals surface area contributed by atoms with Gasteiger partial charge in [0.25, 0.3) is 0 Å². The third-order valence-corrected chi connectivity index (χ3v) is 2.16. The Bertz CT molecular complexity index is 344. The first-order valence-corrected chi connectivity index (χ1v) is 4.76. The minimum Gasteiger partial charge on any atom is -0.455 e. The lowest BCUT2D eigenvalue weighted by molar-refractivity contribution is 0.0264. The van der Waals surface area contributed by atoms with Crippen LogP contribution in [0.3, 0.4) is 0 Å². The number of ether oxygens (including phenoxy) is 2. The van der Waals surface area contributed by atoms with Crippen LogP contribution in [0.1, 0.15) is 16.9 Å². The molecule has 80 valence electrons. The van der Waals surface area contributed by atoms with Crippen molar-refractivity contribution in [3.05, 3.63) is 24.0 Å². The van der Waals surface area contributed by atoms with Crippen LogP contribution in [0.15, 0.2) is 18.3 Å². The molecule has 0 amide bonds. The van der Waals surface area contributed by atoms with E-state index in [4.69, 9.17) is 15.2 Å². The third kappa shape index (κ3) is 2.44. The number of hydrogen-bond acceptors (Lipinski definition) is 5. The third-order valence-electron chi connectivity index (χ3n) is 2.16. The first-order valence-electron chi connectivity index (χ1n) is 4.76. The molecule has 1 aliphatic rings. The maximum absolute atomic E-state index is 11.5. The van der Waals surface area contributed by atoms with Crippen LogP contribution in [0.4, 0.5) is 5.69 Å². The van der Waals surface area contributed by atoms with Crippen LogP contribution in [-0.2, 0) is 9.47 Å². The molecule has 5 heteroatoms. The van der Waals surface area contributed by atoms with E-state index in [0.717, 1.165) is 6.42 Å². The van der Waals surface area contributed by atoms with Crippen molar-refractivity contribution in [3.63, 3.8) is 0 Å². The molecular weight excluding hydrogens is 196 g/mol. The molecule has 2 heterocycles. The first kappa shape index (κ1) is 9.92. The summed E-state index contributed by atoms with van der Waals surface area (Å²) in [5, 5.41) is 0. The normalized spacial score (nSPS) is 20.1. The molecule has 0 spiro atoms. The predicted octanol–water partition coefficient (Wildman–Crippen LogP) is 0.609. The van der Waals surface area contributed by atoms with Crippen molar-refractivity contribution in [1.29, 1.82) is 0 Å². The van der Waals surface area contributed by atoms with Gasteiger partial charge in [0.2, 0.25) is 0 Å². The van der Waals surface area contributed by atoms with Gasteiger partial charge in [-0.25, -0.2) is 9.78 Å². The van der Waals surface area contributed by atoms with E-state index in [9.17, 15) is 4.79 Å². The van der Waals surface area contributed by atoms with Gasteiger partial charge in [-0.15, -0.1) is 0 Å². The Labute approximate surface area is 87.2 Å². The van der Waals surface area contributed by atoms with Gasteiger partial charge >= 0.3 is 5.97 Å². The molecule has 0 saturated carbocycles. The molecule has 2 N–H and O–H groups in total. The summed E-state index contributed by atoms with van der Waals surface area (Å²) in [5.74, 6) is -0.425. The Morgan fingerprint density at radius 2 is 2.47 bits per heavy atom. The lowest BCUT2D eigenvalue weighted by Gasteiger charge is -2.09. The summed E-state index contributed by atoms with van der Waals surface area (Å²) in [6.07, 6.45) is 2.04. The maximum Gasteiger partial charge on any atom is 0.357 e. The molecule has 0 aliphatic carbocycles. The van der Waals surface area contributed by atoms with Crippen LogP contribution >= 0.6 is 0 Å². The minimum atomic E-state index is -0.425. The van der Waals surface area contributed by atoms with Gasteiger partial charge in [-0.05, 0) is 12.1 Å². The molecule has 1 aliphatic heterocycles. The van der Waals surface area contributed by atoms with Gasteiger partial charge in [0.15, 0.2) is 0 Å². The number of carbonyl (C=O) groups is 1. The molecule has 0 radical (unpaired) electrons. The zero-order valence-electron chi connectivity index (χ0n) is 8.18. The molecule has 1 fully saturated rings. The molecule has 5 nitrogen and oxygen atoms in total. The average molecular weight is 208 g/mol. The summed E-state index contributed by atoms with van der Waals surface area (Å²) in [5.41, 5.74) is 6.25. The highest BCUT2D eigenvalue weighted by Crippen LogP contribution is 2.11. The van der Waals surface area contributed by atoms with Crippen LogP contribution in [0.2, 0.25) is 0 Å². The summed E-state index contributed by atoms with van der Waals surface area (Å²) in [4.78, 5) is 15.4. The Kier molecular flexibility index (Phi) is 2.82. The molecule has 1 atom stereocenters. The lowest BCUT2D eigenvalue weighted by Crippen LogP contribution is -2.18. The van der Waals surface area contributed by atoms with Gasteiger partial charge < -0.3 is 15.2 Å². The Hall–Kier alpha value is -1.62. The molecule has 1 aromatic rings. The molecular formula is C10H12N2O3. The molecule has 2 rings (SSSR count). The van der Waals surface area contributed by atoms with Gasteiger partial charge in [0.05, 0.1) is 25.1 Å². The lowest BCUT2D eigenvalue weighted by atomic mass is 10.3. The predicted molar refractivity (Wildman–Crippen MR) is 53.3 cm³/mol. The van der Waals surface area contributed by atoms with Gasteiger partial charge in [-0.3, -0.25) is 0 Å². The van der Waals surface area contributed by atoms with Gasteiger partial charge in [0.1, 0.15) is 11.8 Å². The monoisotopic (exact) mass is 208 g/mol. The van der Waals surface area contributed by atoms with Crippen molar-refractivity contribution in [2.24, 2.45) is 0 Å². The van der Waals surface area contributed by atoms with Gasteiger partial charge in [-0.2, -0.15) is 0 Å². The minimum absolute atomic E-state index is 0.142. The quantitative estimate of drug-likeness (QED) is 0.721. The Morgan fingerprint density at radius 3 is 3.07 bits per heavy atom. The van der Waals surface area contributed by atoms with Gasteiger partial charge in [0, 0.05) is 6.42 Å².